The molecule has 2 amide bonds. The van der Waals surface area contributed by atoms with E-state index < -0.39 is 5.60 Å². The van der Waals surface area contributed by atoms with Gasteiger partial charge in [0.05, 0.1) is 24.7 Å². The van der Waals surface area contributed by atoms with Gasteiger partial charge in [0.1, 0.15) is 11.4 Å². The SMILES string of the molecule is Nc1n[nH]c(CCC(=O)N2CCO[C@@]3(CCCC[C@H]3NC(=O)c3n[nH]c4cc(Cl)ccc34)C2)n1. The first-order chi connectivity index (χ1) is 16.4. The first kappa shape index (κ1) is 22.6. The molecular formula is C22H27ClN8O3. The van der Waals surface area contributed by atoms with Crippen LogP contribution < -0.4 is 11.1 Å². The van der Waals surface area contributed by atoms with Crippen LogP contribution in [-0.2, 0) is 16.0 Å². The van der Waals surface area contributed by atoms with Crippen molar-refractivity contribution in [2.45, 2.75) is 50.2 Å². The van der Waals surface area contributed by atoms with Gasteiger partial charge in [0.15, 0.2) is 5.69 Å². The van der Waals surface area contributed by atoms with E-state index in [0.29, 0.717) is 60.0 Å². The molecule has 2 atom stereocenters. The van der Waals surface area contributed by atoms with Crippen LogP contribution in [0.1, 0.15) is 48.4 Å². The minimum atomic E-state index is -0.617. The van der Waals surface area contributed by atoms with Crippen molar-refractivity contribution in [1.82, 2.24) is 35.6 Å². The number of aryl methyl sites for hydroxylation is 1. The maximum absolute atomic E-state index is 13.2. The van der Waals surface area contributed by atoms with Crippen LogP contribution in [0.4, 0.5) is 5.95 Å². The molecule has 5 rings (SSSR count). The van der Waals surface area contributed by atoms with Gasteiger partial charge >= 0.3 is 0 Å². The molecule has 1 saturated heterocycles. The first-order valence-electron chi connectivity index (χ1n) is 11.5. The van der Waals surface area contributed by atoms with E-state index in [1.54, 1.807) is 18.2 Å². The first-order valence-corrected chi connectivity index (χ1v) is 11.8. The van der Waals surface area contributed by atoms with Crippen molar-refractivity contribution in [3.05, 3.63) is 34.7 Å². The number of amides is 2. The smallest absolute Gasteiger partial charge is 0.272 e. The molecule has 1 spiro atoms. The summed E-state index contributed by atoms with van der Waals surface area (Å²) in [6, 6.07) is 5.03. The third-order valence-corrected chi connectivity index (χ3v) is 6.94. The van der Waals surface area contributed by atoms with E-state index in [1.165, 1.54) is 0 Å². The topological polar surface area (TPSA) is 155 Å². The fourth-order valence-electron chi connectivity index (χ4n) is 4.99. The minimum Gasteiger partial charge on any atom is -0.369 e. The van der Waals surface area contributed by atoms with Crippen LogP contribution >= 0.6 is 11.6 Å². The third kappa shape index (κ3) is 4.45. The van der Waals surface area contributed by atoms with Gasteiger partial charge in [0.25, 0.3) is 5.91 Å². The molecular weight excluding hydrogens is 460 g/mol. The van der Waals surface area contributed by atoms with Crippen molar-refractivity contribution in [2.24, 2.45) is 0 Å². The summed E-state index contributed by atoms with van der Waals surface area (Å²) in [7, 11) is 0. The van der Waals surface area contributed by atoms with Crippen molar-refractivity contribution in [2.75, 3.05) is 25.4 Å². The van der Waals surface area contributed by atoms with Gasteiger partial charge in [0.2, 0.25) is 11.9 Å². The number of hydrogen-bond donors (Lipinski definition) is 4. The van der Waals surface area contributed by atoms with Crippen molar-refractivity contribution < 1.29 is 14.3 Å². The Bertz CT molecular complexity index is 1210. The number of rotatable bonds is 5. The predicted molar refractivity (Wildman–Crippen MR) is 125 cm³/mol. The molecule has 3 heterocycles. The monoisotopic (exact) mass is 486 g/mol. The van der Waals surface area contributed by atoms with Crippen LogP contribution in [0.2, 0.25) is 5.02 Å². The fraction of sp³-hybridized carbons (Fsp3) is 0.500. The summed E-state index contributed by atoms with van der Waals surface area (Å²) < 4.78 is 6.29. The van der Waals surface area contributed by atoms with E-state index in [2.05, 4.69) is 30.7 Å². The standard InChI is InChI=1S/C22H27ClN8O3/c23-13-4-5-14-15(11-13)27-29-19(14)20(33)25-16-3-1-2-8-22(16)12-31(9-10-34-22)18(32)7-6-17-26-21(24)30-28-17/h4-5,11,16H,1-3,6-10,12H2,(H,25,33)(H,27,29)(H3,24,26,28,30)/t16-,22+/m1/s1. The Labute approximate surface area is 200 Å². The van der Waals surface area contributed by atoms with E-state index in [4.69, 9.17) is 22.1 Å². The summed E-state index contributed by atoms with van der Waals surface area (Å²) in [4.78, 5) is 32.0. The second kappa shape index (κ2) is 9.22. The van der Waals surface area contributed by atoms with Crippen molar-refractivity contribution >= 4 is 40.3 Å². The lowest BCUT2D eigenvalue weighted by Crippen LogP contribution is -2.64. The predicted octanol–water partition coefficient (Wildman–Crippen LogP) is 1.82. The lowest BCUT2D eigenvalue weighted by atomic mass is 9.78. The number of nitrogen functional groups attached to an aromatic ring is 1. The van der Waals surface area contributed by atoms with Crippen molar-refractivity contribution in [3.8, 4) is 0 Å². The van der Waals surface area contributed by atoms with E-state index in [1.807, 2.05) is 4.90 Å². The molecule has 11 nitrogen and oxygen atoms in total. The highest BCUT2D eigenvalue weighted by atomic mass is 35.5. The Morgan fingerprint density at radius 2 is 2.18 bits per heavy atom. The van der Waals surface area contributed by atoms with Gasteiger partial charge in [-0.3, -0.25) is 19.8 Å². The zero-order valence-corrected chi connectivity index (χ0v) is 19.4. The van der Waals surface area contributed by atoms with Gasteiger partial charge in [-0.2, -0.15) is 10.1 Å². The maximum Gasteiger partial charge on any atom is 0.272 e. The third-order valence-electron chi connectivity index (χ3n) is 6.71. The molecule has 2 aliphatic rings. The number of carbonyl (C=O) groups excluding carboxylic acids is 2. The molecule has 0 unspecified atom stereocenters. The number of carbonyl (C=O) groups is 2. The Hall–Kier alpha value is -3.18. The summed E-state index contributed by atoms with van der Waals surface area (Å²) in [6.45, 7) is 1.38. The summed E-state index contributed by atoms with van der Waals surface area (Å²) in [6.07, 6.45) is 4.24. The molecule has 5 N–H and O–H groups in total. The molecule has 1 saturated carbocycles. The lowest BCUT2D eigenvalue weighted by molar-refractivity contribution is -0.162. The second-order valence-electron chi connectivity index (χ2n) is 8.90. The molecule has 1 aliphatic carbocycles. The van der Waals surface area contributed by atoms with Crippen LogP contribution in [0.15, 0.2) is 18.2 Å². The highest BCUT2D eigenvalue weighted by Crippen LogP contribution is 2.35. The number of hydrogen-bond acceptors (Lipinski definition) is 7. The highest BCUT2D eigenvalue weighted by molar-refractivity contribution is 6.31. The number of aromatic amines is 2. The van der Waals surface area contributed by atoms with Gasteiger partial charge in [-0.15, -0.1) is 5.10 Å². The number of anilines is 1. The van der Waals surface area contributed by atoms with Gasteiger partial charge in [0, 0.05) is 29.8 Å². The number of nitrogens with two attached hydrogens (primary N) is 1. The van der Waals surface area contributed by atoms with Gasteiger partial charge in [-0.1, -0.05) is 24.4 Å². The maximum atomic E-state index is 13.2. The normalized spacial score (nSPS) is 22.9. The number of H-pyrrole nitrogens is 2. The number of nitrogens with zero attached hydrogens (tertiary/aromatic N) is 4. The number of morpholine rings is 1. The second-order valence-corrected chi connectivity index (χ2v) is 9.34. The molecule has 1 aliphatic heterocycles. The minimum absolute atomic E-state index is 0.0171. The van der Waals surface area contributed by atoms with E-state index in [-0.39, 0.29) is 23.8 Å². The number of halogens is 1. The Kier molecular flexibility index (Phi) is 6.13. The van der Waals surface area contributed by atoms with Crippen LogP contribution in [0.25, 0.3) is 10.9 Å². The summed E-state index contributed by atoms with van der Waals surface area (Å²) in [5.41, 5.74) is 5.94. The Morgan fingerprint density at radius 3 is 3.00 bits per heavy atom. The number of ether oxygens (including phenoxy) is 1. The van der Waals surface area contributed by atoms with Crippen LogP contribution in [-0.4, -0.2) is 73.4 Å². The molecule has 34 heavy (non-hydrogen) atoms. The molecule has 3 aromatic rings. The largest absolute Gasteiger partial charge is 0.369 e. The number of fused-ring (bicyclic) bond motifs is 1. The molecule has 0 radical (unpaired) electrons. The average Bonchev–Trinajstić information content (AvgIpc) is 3.44. The quantitative estimate of drug-likeness (QED) is 0.428. The lowest BCUT2D eigenvalue weighted by Gasteiger charge is -2.49. The van der Waals surface area contributed by atoms with E-state index in [0.717, 1.165) is 25.7 Å². The van der Waals surface area contributed by atoms with Crippen molar-refractivity contribution in [1.29, 1.82) is 0 Å². The zero-order valence-electron chi connectivity index (χ0n) is 18.6. The zero-order chi connectivity index (χ0) is 23.7. The molecule has 12 heteroatoms. The average molecular weight is 487 g/mol. The molecule has 2 aromatic heterocycles. The number of aromatic nitrogens is 5. The summed E-state index contributed by atoms with van der Waals surface area (Å²) in [5.74, 6) is 0.503. The molecule has 180 valence electrons. The van der Waals surface area contributed by atoms with Gasteiger partial charge in [-0.05, 0) is 31.0 Å². The number of benzene rings is 1. The summed E-state index contributed by atoms with van der Waals surface area (Å²) in [5, 5.41) is 18.0. The molecule has 0 bridgehead atoms. The van der Waals surface area contributed by atoms with Gasteiger partial charge in [-0.25, -0.2) is 0 Å². The summed E-state index contributed by atoms with van der Waals surface area (Å²) >= 11 is 6.05. The fourth-order valence-corrected chi connectivity index (χ4v) is 5.16. The molecule has 2 fully saturated rings. The Morgan fingerprint density at radius 1 is 1.29 bits per heavy atom. The van der Waals surface area contributed by atoms with Crippen LogP contribution in [0, 0.1) is 0 Å². The van der Waals surface area contributed by atoms with Crippen LogP contribution in [0.3, 0.4) is 0 Å². The molecule has 1 aromatic carbocycles. The van der Waals surface area contributed by atoms with Crippen LogP contribution in [0.5, 0.6) is 0 Å². The Balaban J connectivity index is 1.28. The van der Waals surface area contributed by atoms with Crippen molar-refractivity contribution in [3.63, 3.8) is 0 Å². The van der Waals surface area contributed by atoms with E-state index in [9.17, 15) is 9.59 Å². The van der Waals surface area contributed by atoms with Gasteiger partial charge < -0.3 is 20.7 Å². The number of nitrogens with one attached hydrogen (secondary N) is 3. The van der Waals surface area contributed by atoms with E-state index >= 15 is 0 Å². The highest BCUT2D eigenvalue weighted by Gasteiger charge is 2.47.